The molecule has 2 aliphatic rings. The van der Waals surface area contributed by atoms with Crippen LogP contribution in [0.3, 0.4) is 0 Å². The Morgan fingerprint density at radius 3 is 2.22 bits per heavy atom. The number of nitrogens with zero attached hydrogens (tertiary/aromatic N) is 5. The second kappa shape index (κ2) is 19.6. The lowest BCUT2D eigenvalue weighted by atomic mass is 10.0. The van der Waals surface area contributed by atoms with Crippen LogP contribution in [-0.2, 0) is 35.1 Å². The third-order valence-electron chi connectivity index (χ3n) is 10.0. The average molecular weight is 799 g/mol. The summed E-state index contributed by atoms with van der Waals surface area (Å²) in [5.41, 5.74) is 4.63. The molecular formula is C41H50N8O9. The molecule has 0 saturated carbocycles. The zero-order valence-electron chi connectivity index (χ0n) is 33.1. The summed E-state index contributed by atoms with van der Waals surface area (Å²) < 4.78 is 20.0. The van der Waals surface area contributed by atoms with Crippen LogP contribution < -0.4 is 21.5 Å². The molecule has 17 heteroatoms. The minimum absolute atomic E-state index is 0.0633. The number of aryl methyl sites for hydroxylation is 4. The van der Waals surface area contributed by atoms with E-state index in [1.807, 2.05) is 45.0 Å². The zero-order valence-corrected chi connectivity index (χ0v) is 33.1. The number of amides is 5. The molecule has 2 aromatic heterocycles. The van der Waals surface area contributed by atoms with Gasteiger partial charge in [-0.25, -0.2) is 9.36 Å². The summed E-state index contributed by atoms with van der Waals surface area (Å²) in [5, 5.41) is 18.2. The van der Waals surface area contributed by atoms with Crippen LogP contribution >= 0.6 is 0 Å². The van der Waals surface area contributed by atoms with Gasteiger partial charge >= 0.3 is 0 Å². The van der Waals surface area contributed by atoms with Gasteiger partial charge in [-0.3, -0.25) is 39.0 Å². The number of carbonyl (C=O) groups is 5. The van der Waals surface area contributed by atoms with E-state index in [2.05, 4.69) is 26.1 Å². The second-order valence-electron chi connectivity index (χ2n) is 14.3. The Labute approximate surface area is 335 Å². The van der Waals surface area contributed by atoms with Crippen LogP contribution in [0.25, 0.3) is 16.6 Å². The lowest BCUT2D eigenvalue weighted by Gasteiger charge is -2.27. The van der Waals surface area contributed by atoms with E-state index in [4.69, 9.17) is 14.2 Å². The van der Waals surface area contributed by atoms with Crippen molar-refractivity contribution in [3.8, 4) is 5.69 Å². The Balaban J connectivity index is 0.776. The molecule has 0 aliphatic carbocycles. The van der Waals surface area contributed by atoms with Gasteiger partial charge in [0.2, 0.25) is 17.7 Å². The number of piperidine rings is 1. The van der Waals surface area contributed by atoms with Gasteiger partial charge in [0.1, 0.15) is 6.04 Å². The van der Waals surface area contributed by atoms with Crippen LogP contribution in [0.4, 0.5) is 5.69 Å². The monoisotopic (exact) mass is 798 g/mol. The van der Waals surface area contributed by atoms with E-state index in [-0.39, 0.29) is 41.9 Å². The van der Waals surface area contributed by atoms with E-state index >= 15 is 0 Å². The smallest absolute Gasteiger partial charge is 0.295 e. The number of rotatable bonds is 21. The molecule has 0 radical (unpaired) electrons. The number of benzene rings is 2. The topological polar surface area (TPSA) is 205 Å². The van der Waals surface area contributed by atoms with Gasteiger partial charge in [-0.2, -0.15) is 10.2 Å². The highest BCUT2D eigenvalue weighted by atomic mass is 16.5. The van der Waals surface area contributed by atoms with Crippen LogP contribution in [-0.4, -0.2) is 113 Å². The molecule has 5 amide bonds. The van der Waals surface area contributed by atoms with Crippen molar-refractivity contribution in [2.24, 2.45) is 0 Å². The Morgan fingerprint density at radius 2 is 1.52 bits per heavy atom. The molecule has 17 nitrogen and oxygen atoms in total. The molecule has 1 atom stereocenters. The van der Waals surface area contributed by atoms with Crippen molar-refractivity contribution in [2.75, 3.05) is 58.0 Å². The number of carbonyl (C=O) groups excluding carboxylic acids is 5. The molecule has 3 N–H and O–H groups in total. The fraction of sp³-hybridized carbons (Fsp3) is 0.463. The summed E-state index contributed by atoms with van der Waals surface area (Å²) >= 11 is 0. The largest absolute Gasteiger partial charge is 0.384 e. The van der Waals surface area contributed by atoms with Crippen molar-refractivity contribution >= 4 is 46.1 Å². The Hall–Kier alpha value is -5.78. The normalized spacial score (nSPS) is 15.3. The van der Waals surface area contributed by atoms with Crippen LogP contribution in [0.15, 0.2) is 47.3 Å². The van der Waals surface area contributed by atoms with E-state index in [1.165, 1.54) is 4.68 Å². The first kappa shape index (κ1) is 41.8. The van der Waals surface area contributed by atoms with Gasteiger partial charge in [0.15, 0.2) is 5.52 Å². The van der Waals surface area contributed by atoms with Crippen molar-refractivity contribution in [2.45, 2.75) is 71.9 Å². The summed E-state index contributed by atoms with van der Waals surface area (Å²) in [4.78, 5) is 76.6. The molecule has 6 rings (SSSR count). The number of imide groups is 2. The molecule has 58 heavy (non-hydrogen) atoms. The maximum atomic E-state index is 13.2. The lowest BCUT2D eigenvalue weighted by Crippen LogP contribution is -2.54. The van der Waals surface area contributed by atoms with E-state index < -0.39 is 29.7 Å². The number of hydrogen-bond acceptors (Lipinski definition) is 12. The minimum atomic E-state index is -1.01. The number of ether oxygens (including phenoxy) is 3. The van der Waals surface area contributed by atoms with Gasteiger partial charge in [0, 0.05) is 51.4 Å². The predicted octanol–water partition coefficient (Wildman–Crippen LogP) is 2.75. The zero-order chi connectivity index (χ0) is 41.2. The third-order valence-corrected chi connectivity index (χ3v) is 10.0. The fourth-order valence-electron chi connectivity index (χ4n) is 7.05. The van der Waals surface area contributed by atoms with Gasteiger partial charge < -0.3 is 24.8 Å². The molecule has 0 bridgehead atoms. The number of nitrogens with one attached hydrogen (secondary N) is 3. The van der Waals surface area contributed by atoms with Crippen LogP contribution in [0.2, 0.25) is 0 Å². The predicted molar refractivity (Wildman–Crippen MR) is 213 cm³/mol. The molecule has 308 valence electrons. The van der Waals surface area contributed by atoms with Gasteiger partial charge in [-0.1, -0.05) is 23.8 Å². The highest BCUT2D eigenvalue weighted by Crippen LogP contribution is 2.32. The van der Waals surface area contributed by atoms with Gasteiger partial charge in [-0.15, -0.1) is 0 Å². The Morgan fingerprint density at radius 1 is 0.828 bits per heavy atom. The Bertz CT molecular complexity index is 2220. The first-order valence-corrected chi connectivity index (χ1v) is 19.7. The molecule has 4 heterocycles. The lowest BCUT2D eigenvalue weighted by molar-refractivity contribution is -0.136. The second-order valence-corrected chi connectivity index (χ2v) is 14.3. The van der Waals surface area contributed by atoms with Gasteiger partial charge in [0.05, 0.1) is 60.0 Å². The first-order chi connectivity index (χ1) is 28.0. The quantitative estimate of drug-likeness (QED) is 0.0823. The first-order valence-electron chi connectivity index (χ1n) is 19.7. The van der Waals surface area contributed by atoms with Gasteiger partial charge in [0.25, 0.3) is 17.4 Å². The maximum Gasteiger partial charge on any atom is 0.295 e. The number of fused-ring (bicyclic) bond motifs is 2. The number of aromatic nitrogens is 4. The van der Waals surface area contributed by atoms with E-state index in [1.54, 1.807) is 22.9 Å². The standard InChI is InChI=1S/C41H50N8O9/c1-26-11-13-29(14-12-26)49-28(3)35-27(2)45-47(41(55)37(35)46-49)19-5-10-33(50)43-18-7-21-57-23-25-58-24-22-56-20-6-17-42-31-9-4-8-30-36(31)40(54)48(39(30)53)32-15-16-34(51)44-38(32)52/h4,8-9,11-14,32,42H,5-7,10,15-25H2,1-3H3,(H,43,50)(H,44,51,52). The summed E-state index contributed by atoms with van der Waals surface area (Å²) in [5.74, 6) is -2.26. The minimum Gasteiger partial charge on any atom is -0.384 e. The van der Waals surface area contributed by atoms with Crippen LogP contribution in [0, 0.1) is 20.8 Å². The van der Waals surface area contributed by atoms with Crippen LogP contribution in [0.5, 0.6) is 0 Å². The summed E-state index contributed by atoms with van der Waals surface area (Å²) in [6.07, 6.45) is 2.18. The summed E-state index contributed by atoms with van der Waals surface area (Å²) in [6, 6.07) is 11.9. The Kier molecular flexibility index (Phi) is 14.1. The molecule has 4 aromatic rings. The van der Waals surface area contributed by atoms with E-state index in [9.17, 15) is 28.8 Å². The van der Waals surface area contributed by atoms with Crippen molar-refractivity contribution < 1.29 is 38.2 Å². The highest BCUT2D eigenvalue weighted by Gasteiger charge is 2.45. The number of anilines is 1. The summed E-state index contributed by atoms with van der Waals surface area (Å²) in [6.45, 7) is 9.63. The maximum absolute atomic E-state index is 13.2. The number of hydrogen-bond donors (Lipinski definition) is 3. The molecule has 0 spiro atoms. The molecule has 2 aliphatic heterocycles. The summed E-state index contributed by atoms with van der Waals surface area (Å²) in [7, 11) is 0. The molecule has 1 fully saturated rings. The molecule has 2 aromatic carbocycles. The van der Waals surface area contributed by atoms with Crippen molar-refractivity contribution in [1.82, 2.24) is 35.1 Å². The van der Waals surface area contributed by atoms with Crippen molar-refractivity contribution in [3.63, 3.8) is 0 Å². The van der Waals surface area contributed by atoms with Crippen molar-refractivity contribution in [3.05, 3.63) is 80.9 Å². The molecular weight excluding hydrogens is 748 g/mol. The molecule has 1 unspecified atom stereocenters. The van der Waals surface area contributed by atoms with E-state index in [0.717, 1.165) is 27.2 Å². The fourth-order valence-corrected chi connectivity index (χ4v) is 7.05. The SMILES string of the molecule is Cc1ccc(-n2nc3c(=O)n(CCCC(=O)NCCCOCCOCCOCCCNc4cccc5c4C(=O)N(C4CCC(=O)NC4=O)C5=O)nc(C)c3c2C)cc1. The van der Waals surface area contributed by atoms with Crippen LogP contribution in [0.1, 0.15) is 76.2 Å². The average Bonchev–Trinajstić information content (AvgIpc) is 3.68. The molecule has 1 saturated heterocycles. The third kappa shape index (κ3) is 9.84. The van der Waals surface area contributed by atoms with Crippen molar-refractivity contribution in [1.29, 1.82) is 0 Å². The van der Waals surface area contributed by atoms with E-state index in [0.29, 0.717) is 95.4 Å². The van der Waals surface area contributed by atoms with Gasteiger partial charge in [-0.05, 0) is 70.7 Å². The highest BCUT2D eigenvalue weighted by molar-refractivity contribution is 6.25.